The Bertz CT molecular complexity index is 489. The van der Waals surface area contributed by atoms with E-state index in [-0.39, 0.29) is 18.1 Å². The first-order chi connectivity index (χ1) is 12.6. The summed E-state index contributed by atoms with van der Waals surface area (Å²) in [6.07, 6.45) is 11.3. The lowest BCUT2D eigenvalue weighted by Gasteiger charge is -2.24. The Labute approximate surface area is 164 Å². The van der Waals surface area contributed by atoms with E-state index in [9.17, 15) is 4.79 Å². The quantitative estimate of drug-likeness (QED) is 0.379. The molecule has 2 atom stereocenters. The molecule has 0 aromatic heterocycles. The SMILES string of the molecule is CCCCCCCCCCOC(CC)C(C)NC(=O)c1ccc(Cl)cc1. The lowest BCUT2D eigenvalue weighted by atomic mass is 10.1. The number of benzene rings is 1. The van der Waals surface area contributed by atoms with Crippen LogP contribution in [-0.4, -0.2) is 24.7 Å². The smallest absolute Gasteiger partial charge is 0.251 e. The molecule has 0 radical (unpaired) electrons. The van der Waals surface area contributed by atoms with Crippen LogP contribution in [0.1, 0.15) is 88.9 Å². The van der Waals surface area contributed by atoms with Crippen molar-refractivity contribution in [1.82, 2.24) is 5.32 Å². The van der Waals surface area contributed by atoms with Crippen LogP contribution in [0.15, 0.2) is 24.3 Å². The molecule has 0 fully saturated rings. The summed E-state index contributed by atoms with van der Waals surface area (Å²) in [4.78, 5) is 12.3. The number of amides is 1. The van der Waals surface area contributed by atoms with Crippen molar-refractivity contribution < 1.29 is 9.53 Å². The first-order valence-corrected chi connectivity index (χ1v) is 10.6. The molecule has 1 amide bonds. The number of rotatable bonds is 14. The molecule has 1 aromatic rings. The molecule has 0 saturated heterocycles. The van der Waals surface area contributed by atoms with Crippen molar-refractivity contribution >= 4 is 17.5 Å². The molecule has 2 unspecified atom stereocenters. The average Bonchev–Trinajstić information content (AvgIpc) is 2.63. The van der Waals surface area contributed by atoms with Crippen LogP contribution < -0.4 is 5.32 Å². The molecule has 0 bridgehead atoms. The van der Waals surface area contributed by atoms with Gasteiger partial charge in [-0.3, -0.25) is 4.79 Å². The van der Waals surface area contributed by atoms with Gasteiger partial charge in [0.05, 0.1) is 12.1 Å². The minimum atomic E-state index is -0.0803. The standard InChI is InChI=1S/C22H36ClNO2/c1-4-6-7-8-9-10-11-12-17-26-21(5-2)18(3)24-22(25)19-13-15-20(23)16-14-19/h13-16,18,21H,4-12,17H2,1-3H3,(H,24,25). The number of nitrogens with one attached hydrogen (secondary N) is 1. The van der Waals surface area contributed by atoms with E-state index in [1.165, 1.54) is 44.9 Å². The van der Waals surface area contributed by atoms with Crippen LogP contribution in [0.2, 0.25) is 5.02 Å². The molecule has 0 saturated carbocycles. The third-order valence-electron chi connectivity index (χ3n) is 4.76. The van der Waals surface area contributed by atoms with E-state index >= 15 is 0 Å². The normalized spacial score (nSPS) is 13.4. The van der Waals surface area contributed by atoms with Gasteiger partial charge in [-0.1, -0.05) is 70.4 Å². The monoisotopic (exact) mass is 381 g/mol. The Morgan fingerprint density at radius 1 is 1.00 bits per heavy atom. The molecule has 0 spiro atoms. The van der Waals surface area contributed by atoms with Crippen molar-refractivity contribution in [3.05, 3.63) is 34.9 Å². The highest BCUT2D eigenvalue weighted by molar-refractivity contribution is 6.30. The number of carbonyl (C=O) groups excluding carboxylic acids is 1. The van der Waals surface area contributed by atoms with Crippen molar-refractivity contribution in [2.75, 3.05) is 6.61 Å². The van der Waals surface area contributed by atoms with Gasteiger partial charge in [0, 0.05) is 17.2 Å². The highest BCUT2D eigenvalue weighted by Crippen LogP contribution is 2.12. The van der Waals surface area contributed by atoms with Crippen molar-refractivity contribution in [2.24, 2.45) is 0 Å². The van der Waals surface area contributed by atoms with Crippen LogP contribution in [0.4, 0.5) is 0 Å². The van der Waals surface area contributed by atoms with E-state index in [1.807, 2.05) is 6.92 Å². The second-order valence-electron chi connectivity index (χ2n) is 7.06. The summed E-state index contributed by atoms with van der Waals surface area (Å²) >= 11 is 5.87. The maximum Gasteiger partial charge on any atom is 0.251 e. The maximum absolute atomic E-state index is 12.3. The molecule has 0 aliphatic heterocycles. The van der Waals surface area contributed by atoms with Gasteiger partial charge >= 0.3 is 0 Å². The molecular weight excluding hydrogens is 346 g/mol. The fourth-order valence-corrected chi connectivity index (χ4v) is 3.20. The molecule has 148 valence electrons. The van der Waals surface area contributed by atoms with Gasteiger partial charge in [-0.05, 0) is 44.0 Å². The zero-order chi connectivity index (χ0) is 19.2. The molecule has 1 rings (SSSR count). The summed E-state index contributed by atoms with van der Waals surface area (Å²) in [5.74, 6) is -0.0803. The number of unbranched alkanes of at least 4 members (excludes halogenated alkanes) is 7. The summed E-state index contributed by atoms with van der Waals surface area (Å²) in [6, 6.07) is 6.94. The van der Waals surface area contributed by atoms with Gasteiger partial charge < -0.3 is 10.1 Å². The van der Waals surface area contributed by atoms with Crippen LogP contribution in [0, 0.1) is 0 Å². The van der Waals surface area contributed by atoms with Crippen LogP contribution in [0.5, 0.6) is 0 Å². The molecule has 0 aliphatic rings. The van der Waals surface area contributed by atoms with E-state index in [2.05, 4.69) is 19.2 Å². The summed E-state index contributed by atoms with van der Waals surface area (Å²) < 4.78 is 6.02. The largest absolute Gasteiger partial charge is 0.376 e. The van der Waals surface area contributed by atoms with E-state index in [0.29, 0.717) is 10.6 Å². The number of halogens is 1. The second-order valence-corrected chi connectivity index (χ2v) is 7.50. The highest BCUT2D eigenvalue weighted by Gasteiger charge is 2.18. The predicted molar refractivity (Wildman–Crippen MR) is 111 cm³/mol. The molecule has 1 aromatic carbocycles. The van der Waals surface area contributed by atoms with E-state index < -0.39 is 0 Å². The number of ether oxygens (including phenoxy) is 1. The van der Waals surface area contributed by atoms with Gasteiger partial charge in [0.2, 0.25) is 0 Å². The minimum Gasteiger partial charge on any atom is -0.376 e. The lowest BCUT2D eigenvalue weighted by Crippen LogP contribution is -2.42. The molecule has 0 heterocycles. The number of hydrogen-bond donors (Lipinski definition) is 1. The Morgan fingerprint density at radius 3 is 2.15 bits per heavy atom. The topological polar surface area (TPSA) is 38.3 Å². The van der Waals surface area contributed by atoms with Crippen LogP contribution in [0.25, 0.3) is 0 Å². The average molecular weight is 382 g/mol. The fourth-order valence-electron chi connectivity index (χ4n) is 3.07. The highest BCUT2D eigenvalue weighted by atomic mass is 35.5. The summed E-state index contributed by atoms with van der Waals surface area (Å²) in [7, 11) is 0. The molecule has 0 aliphatic carbocycles. The minimum absolute atomic E-state index is 0.0165. The van der Waals surface area contributed by atoms with Crippen LogP contribution in [-0.2, 0) is 4.74 Å². The zero-order valence-corrected chi connectivity index (χ0v) is 17.5. The molecule has 1 N–H and O–H groups in total. The molecule has 4 heteroatoms. The van der Waals surface area contributed by atoms with Crippen molar-refractivity contribution in [3.63, 3.8) is 0 Å². The van der Waals surface area contributed by atoms with Crippen molar-refractivity contribution in [1.29, 1.82) is 0 Å². The molecular formula is C22H36ClNO2. The number of hydrogen-bond acceptors (Lipinski definition) is 2. The van der Waals surface area contributed by atoms with Crippen LogP contribution in [0.3, 0.4) is 0 Å². The summed E-state index contributed by atoms with van der Waals surface area (Å²) in [5, 5.41) is 3.67. The van der Waals surface area contributed by atoms with Gasteiger partial charge in [0.25, 0.3) is 5.91 Å². The first-order valence-electron chi connectivity index (χ1n) is 10.3. The fraction of sp³-hybridized carbons (Fsp3) is 0.682. The van der Waals surface area contributed by atoms with E-state index in [1.54, 1.807) is 24.3 Å². The van der Waals surface area contributed by atoms with Crippen molar-refractivity contribution in [2.45, 2.75) is 90.7 Å². The zero-order valence-electron chi connectivity index (χ0n) is 16.7. The van der Waals surface area contributed by atoms with Crippen LogP contribution >= 0.6 is 11.6 Å². The molecule has 26 heavy (non-hydrogen) atoms. The maximum atomic E-state index is 12.3. The van der Waals surface area contributed by atoms with Gasteiger partial charge in [-0.2, -0.15) is 0 Å². The van der Waals surface area contributed by atoms with Gasteiger partial charge in [0.15, 0.2) is 0 Å². The first kappa shape index (κ1) is 23.0. The summed E-state index contributed by atoms with van der Waals surface area (Å²) in [5.41, 5.74) is 0.624. The third-order valence-corrected chi connectivity index (χ3v) is 5.01. The molecule has 3 nitrogen and oxygen atoms in total. The Hall–Kier alpha value is -1.06. The van der Waals surface area contributed by atoms with Gasteiger partial charge in [-0.15, -0.1) is 0 Å². The van der Waals surface area contributed by atoms with Gasteiger partial charge in [-0.25, -0.2) is 0 Å². The third kappa shape index (κ3) is 9.59. The number of carbonyl (C=O) groups is 1. The Kier molecular flexibility index (Phi) is 12.4. The van der Waals surface area contributed by atoms with E-state index in [0.717, 1.165) is 19.4 Å². The predicted octanol–water partition coefficient (Wildman–Crippen LogP) is 6.39. The van der Waals surface area contributed by atoms with E-state index in [4.69, 9.17) is 16.3 Å². The second kappa shape index (κ2) is 14.1. The Balaban J connectivity index is 2.21. The summed E-state index contributed by atoms with van der Waals surface area (Å²) in [6.45, 7) is 7.13. The lowest BCUT2D eigenvalue weighted by molar-refractivity contribution is 0.0252. The Morgan fingerprint density at radius 2 is 1.58 bits per heavy atom. The van der Waals surface area contributed by atoms with Crippen molar-refractivity contribution in [3.8, 4) is 0 Å². The van der Waals surface area contributed by atoms with Gasteiger partial charge in [0.1, 0.15) is 0 Å².